The number of aliphatic carboxylic acids is 1. The summed E-state index contributed by atoms with van der Waals surface area (Å²) in [7, 11) is 3.61. The molecule has 1 saturated heterocycles. The van der Waals surface area contributed by atoms with Crippen molar-refractivity contribution in [1.29, 1.82) is 0 Å². The minimum atomic E-state index is -0.940. The summed E-state index contributed by atoms with van der Waals surface area (Å²) < 4.78 is 25.6. The molecule has 3 N–H and O–H groups in total. The molecule has 0 saturated carbocycles. The van der Waals surface area contributed by atoms with Crippen LogP contribution in [0.2, 0.25) is 0 Å². The van der Waals surface area contributed by atoms with Crippen molar-refractivity contribution >= 4 is 17.8 Å². The van der Waals surface area contributed by atoms with Gasteiger partial charge in [-0.2, -0.15) is 0 Å². The van der Waals surface area contributed by atoms with Crippen LogP contribution >= 0.6 is 0 Å². The molecule has 0 radical (unpaired) electrons. The molecule has 208 valence electrons. The highest BCUT2D eigenvalue weighted by Gasteiger charge is 2.43. The summed E-state index contributed by atoms with van der Waals surface area (Å²) in [5.74, 6) is -0.826. The van der Waals surface area contributed by atoms with E-state index in [0.717, 1.165) is 0 Å². The van der Waals surface area contributed by atoms with E-state index in [9.17, 15) is 14.0 Å². The second-order valence-corrected chi connectivity index (χ2v) is 9.57. The average molecular weight is 542 g/mol. The van der Waals surface area contributed by atoms with E-state index < -0.39 is 17.7 Å². The van der Waals surface area contributed by atoms with E-state index in [1.165, 1.54) is 18.3 Å². The zero-order chi connectivity index (χ0) is 28.2. The summed E-state index contributed by atoms with van der Waals surface area (Å²) in [6, 6.07) is 7.55. The number of imidazole rings is 1. The van der Waals surface area contributed by atoms with Gasteiger partial charge in [0.2, 0.25) is 18.1 Å². The van der Waals surface area contributed by atoms with Crippen LogP contribution in [0.15, 0.2) is 36.5 Å². The van der Waals surface area contributed by atoms with Crippen molar-refractivity contribution in [3.63, 3.8) is 0 Å². The fourth-order valence-corrected chi connectivity index (χ4v) is 4.18. The highest BCUT2D eigenvalue weighted by molar-refractivity contribution is 5.82. The molecule has 0 spiro atoms. The first-order valence-corrected chi connectivity index (χ1v) is 12.5. The van der Waals surface area contributed by atoms with Crippen LogP contribution in [-0.4, -0.2) is 87.3 Å². The molecule has 39 heavy (non-hydrogen) atoms. The predicted octanol–water partition coefficient (Wildman–Crippen LogP) is 2.94. The molecule has 0 unspecified atom stereocenters. The second kappa shape index (κ2) is 11.8. The Bertz CT molecular complexity index is 1310. The number of nitrogens with zero attached hydrogens (tertiary/aromatic N) is 5. The zero-order valence-electron chi connectivity index (χ0n) is 22.3. The number of aromatic amines is 1. The topological polar surface area (TPSA) is 146 Å². The van der Waals surface area contributed by atoms with E-state index in [1.807, 2.05) is 6.92 Å². The van der Waals surface area contributed by atoms with Crippen molar-refractivity contribution in [3.8, 4) is 22.6 Å². The summed E-state index contributed by atoms with van der Waals surface area (Å²) in [5.41, 5.74) is 1.23. The number of hydrogen-bond donors (Lipinski definition) is 3. The summed E-state index contributed by atoms with van der Waals surface area (Å²) in [6.45, 7) is 4.61. The Balaban J connectivity index is 1.61. The van der Waals surface area contributed by atoms with Gasteiger partial charge in [-0.1, -0.05) is 0 Å². The van der Waals surface area contributed by atoms with Gasteiger partial charge in [-0.3, -0.25) is 14.6 Å². The SMILES string of the molecule is CCN(C(=O)C1(C)COC(c2nc(-c3ccc(F)cc3)c(-c3ccnc(NCCC(=O)O)n3)[nH]2)OC1)N(C)C. The molecule has 1 aromatic carbocycles. The van der Waals surface area contributed by atoms with E-state index in [0.29, 0.717) is 35.0 Å². The lowest BCUT2D eigenvalue weighted by Gasteiger charge is -2.40. The number of carboxylic acid groups (broad SMARTS) is 1. The maximum absolute atomic E-state index is 13.6. The van der Waals surface area contributed by atoms with Gasteiger partial charge in [-0.05, 0) is 44.2 Å². The third-order valence-electron chi connectivity index (χ3n) is 6.24. The zero-order valence-corrected chi connectivity index (χ0v) is 22.3. The van der Waals surface area contributed by atoms with Crippen LogP contribution in [0.4, 0.5) is 10.3 Å². The molecule has 12 nitrogen and oxygen atoms in total. The van der Waals surface area contributed by atoms with Crippen molar-refractivity contribution in [3.05, 3.63) is 48.2 Å². The monoisotopic (exact) mass is 541 g/mol. The van der Waals surface area contributed by atoms with Crippen LogP contribution in [0.3, 0.4) is 0 Å². The van der Waals surface area contributed by atoms with E-state index in [-0.39, 0.29) is 43.9 Å². The maximum atomic E-state index is 13.6. The van der Waals surface area contributed by atoms with Crippen LogP contribution in [-0.2, 0) is 19.1 Å². The van der Waals surface area contributed by atoms with Crippen molar-refractivity contribution in [2.75, 3.05) is 45.7 Å². The van der Waals surface area contributed by atoms with Gasteiger partial charge in [0.25, 0.3) is 0 Å². The first-order valence-electron chi connectivity index (χ1n) is 12.5. The predicted molar refractivity (Wildman–Crippen MR) is 140 cm³/mol. The smallest absolute Gasteiger partial charge is 0.305 e. The normalized spacial score (nSPS) is 19.2. The first-order chi connectivity index (χ1) is 18.6. The minimum Gasteiger partial charge on any atom is -0.481 e. The number of nitrogens with one attached hydrogen (secondary N) is 2. The fourth-order valence-electron chi connectivity index (χ4n) is 4.18. The average Bonchev–Trinajstić information content (AvgIpc) is 3.35. The Morgan fingerprint density at radius 3 is 2.49 bits per heavy atom. The molecular formula is C26H32FN7O5. The maximum Gasteiger partial charge on any atom is 0.305 e. The highest BCUT2D eigenvalue weighted by Crippen LogP contribution is 2.36. The van der Waals surface area contributed by atoms with Crippen LogP contribution in [0.5, 0.6) is 0 Å². The number of hydrazine groups is 1. The fraction of sp³-hybridized carbons (Fsp3) is 0.423. The molecule has 3 aromatic rings. The number of benzene rings is 1. The van der Waals surface area contributed by atoms with Crippen molar-refractivity contribution in [2.45, 2.75) is 26.6 Å². The van der Waals surface area contributed by atoms with Crippen LogP contribution in [0.25, 0.3) is 22.6 Å². The van der Waals surface area contributed by atoms with Gasteiger partial charge in [0.1, 0.15) is 5.82 Å². The van der Waals surface area contributed by atoms with Crippen molar-refractivity contribution < 1.29 is 28.6 Å². The molecule has 0 bridgehead atoms. The number of carbonyl (C=O) groups excluding carboxylic acids is 1. The van der Waals surface area contributed by atoms with Gasteiger partial charge in [0.05, 0.1) is 42.1 Å². The molecule has 1 aliphatic rings. The molecule has 0 aliphatic carbocycles. The highest BCUT2D eigenvalue weighted by atomic mass is 19.1. The van der Waals surface area contributed by atoms with Gasteiger partial charge in [-0.15, -0.1) is 0 Å². The van der Waals surface area contributed by atoms with Crippen LogP contribution in [0, 0.1) is 11.2 Å². The van der Waals surface area contributed by atoms with E-state index in [1.54, 1.807) is 49.2 Å². The Morgan fingerprint density at radius 1 is 1.18 bits per heavy atom. The number of anilines is 1. The lowest BCUT2D eigenvalue weighted by Crippen LogP contribution is -2.54. The van der Waals surface area contributed by atoms with Crippen LogP contribution in [0.1, 0.15) is 32.4 Å². The lowest BCUT2D eigenvalue weighted by molar-refractivity contribution is -0.237. The van der Waals surface area contributed by atoms with Gasteiger partial charge >= 0.3 is 5.97 Å². The van der Waals surface area contributed by atoms with E-state index in [2.05, 4.69) is 20.3 Å². The Morgan fingerprint density at radius 2 is 1.87 bits per heavy atom. The molecule has 13 heteroatoms. The molecule has 4 rings (SSSR count). The molecular weight excluding hydrogens is 509 g/mol. The molecule has 2 aromatic heterocycles. The minimum absolute atomic E-state index is 0.0923. The summed E-state index contributed by atoms with van der Waals surface area (Å²) >= 11 is 0. The number of carbonyl (C=O) groups is 2. The third-order valence-corrected chi connectivity index (χ3v) is 6.24. The Hall–Kier alpha value is -3.94. The van der Waals surface area contributed by atoms with Crippen molar-refractivity contribution in [1.82, 2.24) is 30.0 Å². The summed E-state index contributed by atoms with van der Waals surface area (Å²) in [4.78, 5) is 40.6. The second-order valence-electron chi connectivity index (χ2n) is 9.57. The number of H-pyrrole nitrogens is 1. The van der Waals surface area contributed by atoms with Gasteiger partial charge in [-0.25, -0.2) is 24.4 Å². The number of rotatable bonds is 10. The van der Waals surface area contributed by atoms with Crippen molar-refractivity contribution in [2.24, 2.45) is 5.41 Å². The molecule has 3 heterocycles. The summed E-state index contributed by atoms with van der Waals surface area (Å²) in [6.07, 6.45) is 0.573. The van der Waals surface area contributed by atoms with Gasteiger partial charge in [0.15, 0.2) is 5.82 Å². The molecule has 1 aliphatic heterocycles. The van der Waals surface area contributed by atoms with Crippen LogP contribution < -0.4 is 5.32 Å². The van der Waals surface area contributed by atoms with Gasteiger partial charge in [0, 0.05) is 38.9 Å². The molecule has 1 fully saturated rings. The Labute approximate surface area is 225 Å². The number of halogens is 1. The largest absolute Gasteiger partial charge is 0.481 e. The number of ether oxygens (including phenoxy) is 2. The number of carboxylic acids is 1. The number of amides is 1. The standard InChI is InChI=1S/C26H32FN7O5/c1-5-34(33(3)4)24(37)26(2)14-38-23(39-15-26)22-31-20(16-6-8-17(27)9-7-16)21(32-22)18-10-12-28-25(30-18)29-13-11-19(35)36/h6-10,12,23H,5,11,13-15H2,1-4H3,(H,31,32)(H,35,36)(H,28,29,30). The number of hydrogen-bond acceptors (Lipinski definition) is 9. The third kappa shape index (κ3) is 6.38. The number of aromatic nitrogens is 4. The first kappa shape index (κ1) is 28.1. The Kier molecular flexibility index (Phi) is 8.53. The molecule has 0 atom stereocenters. The van der Waals surface area contributed by atoms with E-state index in [4.69, 9.17) is 19.6 Å². The lowest BCUT2D eigenvalue weighted by atomic mass is 9.90. The van der Waals surface area contributed by atoms with E-state index >= 15 is 0 Å². The summed E-state index contributed by atoms with van der Waals surface area (Å²) in [5, 5.41) is 15.1. The van der Waals surface area contributed by atoms with Gasteiger partial charge < -0.3 is 24.9 Å². The molecule has 1 amide bonds. The quantitative estimate of drug-likeness (QED) is 0.328.